The van der Waals surface area contributed by atoms with Crippen molar-refractivity contribution in [1.82, 2.24) is 4.90 Å². The summed E-state index contributed by atoms with van der Waals surface area (Å²) in [6.07, 6.45) is -3.29. The van der Waals surface area contributed by atoms with Crippen molar-refractivity contribution in [2.24, 2.45) is 11.8 Å². The van der Waals surface area contributed by atoms with Crippen molar-refractivity contribution >= 4 is 7.12 Å². The number of hydrogen-bond donors (Lipinski definition) is 0. The highest BCUT2D eigenvalue weighted by molar-refractivity contribution is 6.49. The number of rotatable bonds is 2. The molecular formula is C14H23BF3NO2. The smallest absolute Gasteiger partial charge is 0.403 e. The van der Waals surface area contributed by atoms with Crippen molar-refractivity contribution in [3.05, 3.63) is 0 Å². The normalized spacial score (nSPS) is 38.4. The fourth-order valence-corrected chi connectivity index (χ4v) is 3.71. The summed E-state index contributed by atoms with van der Waals surface area (Å²) < 4.78 is 49.6. The molecule has 2 heterocycles. The molecule has 3 nitrogen and oxygen atoms in total. The Morgan fingerprint density at radius 3 is 2.19 bits per heavy atom. The van der Waals surface area contributed by atoms with Crippen LogP contribution in [0.25, 0.3) is 0 Å². The van der Waals surface area contributed by atoms with E-state index in [0.29, 0.717) is 19.0 Å². The van der Waals surface area contributed by atoms with E-state index in [0.717, 1.165) is 6.42 Å². The second-order valence-corrected chi connectivity index (χ2v) is 7.67. The van der Waals surface area contributed by atoms with Gasteiger partial charge in [0, 0.05) is 12.4 Å². The summed E-state index contributed by atoms with van der Waals surface area (Å²) in [5.41, 5.74) is -0.732. The Kier molecular flexibility index (Phi) is 3.43. The SMILES string of the molecule is CC1(C)OB(C2C3CCN(CC(F)(F)F)CC32)OC1(C)C. The molecule has 7 heteroatoms. The minimum atomic E-state index is -4.11. The van der Waals surface area contributed by atoms with Crippen LogP contribution in [0.5, 0.6) is 0 Å². The molecule has 21 heavy (non-hydrogen) atoms. The predicted molar refractivity (Wildman–Crippen MR) is 73.9 cm³/mol. The van der Waals surface area contributed by atoms with E-state index in [1.807, 2.05) is 27.7 Å². The molecule has 1 saturated carbocycles. The van der Waals surface area contributed by atoms with Crippen molar-refractivity contribution in [3.8, 4) is 0 Å². The van der Waals surface area contributed by atoms with E-state index in [9.17, 15) is 13.2 Å². The minimum Gasteiger partial charge on any atom is -0.403 e. The zero-order valence-electron chi connectivity index (χ0n) is 13.0. The Balaban J connectivity index is 1.60. The van der Waals surface area contributed by atoms with E-state index in [-0.39, 0.29) is 30.1 Å². The van der Waals surface area contributed by atoms with Crippen LogP contribution in [0.3, 0.4) is 0 Å². The Hall–Kier alpha value is -0.265. The van der Waals surface area contributed by atoms with Gasteiger partial charge in [-0.2, -0.15) is 13.2 Å². The highest BCUT2D eigenvalue weighted by Crippen LogP contribution is 2.61. The molecule has 3 atom stereocenters. The first-order chi connectivity index (χ1) is 9.50. The van der Waals surface area contributed by atoms with Gasteiger partial charge in [-0.25, -0.2) is 0 Å². The van der Waals surface area contributed by atoms with Gasteiger partial charge in [0.25, 0.3) is 0 Å². The van der Waals surface area contributed by atoms with Crippen LogP contribution in [-0.2, 0) is 9.31 Å². The van der Waals surface area contributed by atoms with Crippen LogP contribution >= 0.6 is 0 Å². The van der Waals surface area contributed by atoms with Crippen LogP contribution in [0.2, 0.25) is 5.82 Å². The molecule has 0 amide bonds. The number of likely N-dealkylation sites (tertiary alicyclic amines) is 1. The second-order valence-electron chi connectivity index (χ2n) is 7.67. The lowest BCUT2D eigenvalue weighted by Gasteiger charge is -2.32. The monoisotopic (exact) mass is 305 g/mol. The lowest BCUT2D eigenvalue weighted by atomic mass is 9.79. The van der Waals surface area contributed by atoms with Crippen LogP contribution in [-0.4, -0.2) is 49.0 Å². The zero-order chi connectivity index (χ0) is 15.6. The molecule has 3 fully saturated rings. The predicted octanol–water partition coefficient (Wildman–Crippen LogP) is 2.96. The quantitative estimate of drug-likeness (QED) is 0.732. The van der Waals surface area contributed by atoms with Gasteiger partial charge in [0.2, 0.25) is 0 Å². The molecule has 0 bridgehead atoms. The van der Waals surface area contributed by atoms with Crippen LogP contribution in [0.1, 0.15) is 34.1 Å². The largest absolute Gasteiger partial charge is 0.461 e. The number of piperidine rings is 1. The summed E-state index contributed by atoms with van der Waals surface area (Å²) in [6, 6.07) is 0. The molecule has 2 saturated heterocycles. The van der Waals surface area contributed by atoms with Gasteiger partial charge in [0.15, 0.2) is 0 Å². The minimum absolute atomic E-state index is 0.254. The first-order valence-electron chi connectivity index (χ1n) is 7.65. The van der Waals surface area contributed by atoms with Gasteiger partial charge in [0.1, 0.15) is 0 Å². The molecule has 120 valence electrons. The average Bonchev–Trinajstić information content (AvgIpc) is 2.92. The average molecular weight is 305 g/mol. The van der Waals surface area contributed by atoms with Gasteiger partial charge in [-0.1, -0.05) is 0 Å². The van der Waals surface area contributed by atoms with E-state index in [1.165, 1.54) is 4.90 Å². The van der Waals surface area contributed by atoms with E-state index in [4.69, 9.17) is 9.31 Å². The van der Waals surface area contributed by atoms with Crippen molar-refractivity contribution in [1.29, 1.82) is 0 Å². The number of fused-ring (bicyclic) bond motifs is 1. The molecule has 0 radical (unpaired) electrons. The van der Waals surface area contributed by atoms with E-state index in [2.05, 4.69) is 0 Å². The van der Waals surface area contributed by atoms with E-state index >= 15 is 0 Å². The van der Waals surface area contributed by atoms with Crippen molar-refractivity contribution in [3.63, 3.8) is 0 Å². The third-order valence-electron chi connectivity index (χ3n) is 5.63. The van der Waals surface area contributed by atoms with Crippen LogP contribution in [0, 0.1) is 11.8 Å². The number of alkyl halides is 3. The van der Waals surface area contributed by atoms with Crippen molar-refractivity contribution < 1.29 is 22.5 Å². The summed E-state index contributed by atoms with van der Waals surface area (Å²) in [5.74, 6) is 1.00. The fraction of sp³-hybridized carbons (Fsp3) is 1.00. The third kappa shape index (κ3) is 2.84. The molecule has 0 aromatic rings. The maximum atomic E-state index is 12.5. The van der Waals surface area contributed by atoms with Gasteiger partial charge in [-0.15, -0.1) is 0 Å². The van der Waals surface area contributed by atoms with Gasteiger partial charge in [-0.3, -0.25) is 4.90 Å². The first kappa shape index (κ1) is 15.6. The van der Waals surface area contributed by atoms with Gasteiger partial charge in [0.05, 0.1) is 17.7 Å². The van der Waals surface area contributed by atoms with Gasteiger partial charge in [-0.05, 0) is 52.5 Å². The fourth-order valence-electron chi connectivity index (χ4n) is 3.71. The number of nitrogens with zero attached hydrogens (tertiary/aromatic N) is 1. The van der Waals surface area contributed by atoms with Crippen LogP contribution in [0.15, 0.2) is 0 Å². The summed E-state index contributed by atoms with van der Waals surface area (Å²) in [7, 11) is -0.268. The molecule has 0 N–H and O–H groups in total. The molecule has 3 rings (SSSR count). The van der Waals surface area contributed by atoms with Gasteiger partial charge >= 0.3 is 13.3 Å². The van der Waals surface area contributed by atoms with Crippen LogP contribution < -0.4 is 0 Å². The summed E-state index contributed by atoms with van der Waals surface area (Å²) in [6.45, 7) is 8.27. The standard InChI is InChI=1S/C14H23BF3NO2/c1-12(2)13(3,4)21-15(20-12)11-9-5-6-19(7-10(9)11)8-14(16,17)18/h9-11H,5-8H2,1-4H3. The maximum absolute atomic E-state index is 12.5. The lowest BCUT2D eigenvalue weighted by Crippen LogP contribution is -2.41. The second kappa shape index (κ2) is 4.62. The highest BCUT2D eigenvalue weighted by Gasteiger charge is 2.65. The summed E-state index contributed by atoms with van der Waals surface area (Å²) in [5, 5.41) is 0. The lowest BCUT2D eigenvalue weighted by molar-refractivity contribution is -0.147. The molecular weight excluding hydrogens is 282 g/mol. The highest BCUT2D eigenvalue weighted by atomic mass is 19.4. The number of hydrogen-bond acceptors (Lipinski definition) is 3. The van der Waals surface area contributed by atoms with Gasteiger partial charge < -0.3 is 9.31 Å². The summed E-state index contributed by atoms with van der Waals surface area (Å²) in [4.78, 5) is 1.52. The summed E-state index contributed by atoms with van der Waals surface area (Å²) >= 11 is 0. The molecule has 2 aliphatic heterocycles. The molecule has 0 aromatic heterocycles. The zero-order valence-corrected chi connectivity index (χ0v) is 13.0. The molecule has 0 spiro atoms. The van der Waals surface area contributed by atoms with Crippen LogP contribution in [0.4, 0.5) is 13.2 Å². The Morgan fingerprint density at radius 1 is 1.10 bits per heavy atom. The molecule has 1 aliphatic carbocycles. The third-order valence-corrected chi connectivity index (χ3v) is 5.63. The molecule has 3 aliphatic rings. The number of halogens is 3. The molecule has 3 unspecified atom stereocenters. The first-order valence-corrected chi connectivity index (χ1v) is 7.65. The van der Waals surface area contributed by atoms with Crippen molar-refractivity contribution in [2.75, 3.05) is 19.6 Å². The van der Waals surface area contributed by atoms with Crippen molar-refractivity contribution in [2.45, 2.75) is 57.3 Å². The maximum Gasteiger partial charge on any atom is 0.461 e. The Labute approximate surface area is 124 Å². The molecule has 0 aromatic carbocycles. The van der Waals surface area contributed by atoms with E-state index < -0.39 is 12.7 Å². The van der Waals surface area contributed by atoms with E-state index in [1.54, 1.807) is 0 Å². The Morgan fingerprint density at radius 2 is 1.67 bits per heavy atom. The topological polar surface area (TPSA) is 21.7 Å². The Bertz CT molecular complexity index is 411.